The van der Waals surface area contributed by atoms with Crippen molar-refractivity contribution in [3.63, 3.8) is 0 Å². The lowest BCUT2D eigenvalue weighted by Crippen LogP contribution is -2.23. The Labute approximate surface area is 168 Å². The zero-order valence-electron chi connectivity index (χ0n) is 16.1. The lowest BCUT2D eigenvalue weighted by atomic mass is 10.1. The van der Waals surface area contributed by atoms with Crippen molar-refractivity contribution in [2.45, 2.75) is 13.5 Å². The summed E-state index contributed by atoms with van der Waals surface area (Å²) >= 11 is 0. The van der Waals surface area contributed by atoms with Gasteiger partial charge >= 0.3 is 0 Å². The summed E-state index contributed by atoms with van der Waals surface area (Å²) in [7, 11) is -1.87. The fourth-order valence-corrected chi connectivity index (χ4v) is 3.13. The number of sulfonamides is 1. The molecule has 1 amide bonds. The maximum absolute atomic E-state index is 12.4. The van der Waals surface area contributed by atoms with Gasteiger partial charge in [-0.3, -0.25) is 9.52 Å². The van der Waals surface area contributed by atoms with E-state index in [0.29, 0.717) is 28.4 Å². The van der Waals surface area contributed by atoms with Gasteiger partial charge in [0.1, 0.15) is 5.75 Å². The number of nitrogens with one attached hydrogen (secondary N) is 2. The van der Waals surface area contributed by atoms with Crippen molar-refractivity contribution in [2.24, 2.45) is 0 Å². The van der Waals surface area contributed by atoms with Crippen LogP contribution < -0.4 is 14.8 Å². The van der Waals surface area contributed by atoms with Crippen molar-refractivity contribution < 1.29 is 22.5 Å². The third-order valence-electron chi connectivity index (χ3n) is 4.01. The van der Waals surface area contributed by atoms with Crippen LogP contribution in [0.5, 0.6) is 5.75 Å². The first-order valence-electron chi connectivity index (χ1n) is 8.59. The molecule has 0 aliphatic rings. The first-order chi connectivity index (χ1) is 13.7. The van der Waals surface area contributed by atoms with E-state index in [-0.39, 0.29) is 12.4 Å². The Kier molecular flexibility index (Phi) is 5.83. The van der Waals surface area contributed by atoms with Gasteiger partial charge in [-0.2, -0.15) is 4.98 Å². The highest BCUT2D eigenvalue weighted by Gasteiger charge is 2.13. The van der Waals surface area contributed by atoms with Crippen molar-refractivity contribution in [1.82, 2.24) is 15.5 Å². The average Bonchev–Trinajstić information content (AvgIpc) is 3.16. The highest BCUT2D eigenvalue weighted by atomic mass is 32.2. The van der Waals surface area contributed by atoms with E-state index in [1.807, 2.05) is 0 Å². The summed E-state index contributed by atoms with van der Waals surface area (Å²) < 4.78 is 35.6. The van der Waals surface area contributed by atoms with E-state index in [0.717, 1.165) is 11.8 Å². The van der Waals surface area contributed by atoms with Crippen LogP contribution in [0.2, 0.25) is 0 Å². The molecule has 0 aliphatic heterocycles. The molecule has 29 heavy (non-hydrogen) atoms. The smallest absolute Gasteiger partial charge is 0.251 e. The average molecular weight is 416 g/mol. The maximum Gasteiger partial charge on any atom is 0.251 e. The van der Waals surface area contributed by atoms with Crippen LogP contribution in [0.25, 0.3) is 11.4 Å². The van der Waals surface area contributed by atoms with E-state index in [9.17, 15) is 13.2 Å². The number of ether oxygens (including phenoxy) is 1. The van der Waals surface area contributed by atoms with E-state index >= 15 is 0 Å². The summed E-state index contributed by atoms with van der Waals surface area (Å²) in [5.74, 6) is 0.955. The molecule has 3 aromatic rings. The van der Waals surface area contributed by atoms with Crippen LogP contribution in [0.4, 0.5) is 5.69 Å². The van der Waals surface area contributed by atoms with E-state index in [2.05, 4.69) is 20.2 Å². The van der Waals surface area contributed by atoms with Crippen LogP contribution in [0.15, 0.2) is 47.0 Å². The van der Waals surface area contributed by atoms with Crippen molar-refractivity contribution in [2.75, 3.05) is 18.1 Å². The van der Waals surface area contributed by atoms with Crippen LogP contribution in [0.1, 0.15) is 21.8 Å². The fraction of sp³-hybridized carbons (Fsp3) is 0.211. The van der Waals surface area contributed by atoms with E-state index in [1.54, 1.807) is 50.4 Å². The third kappa shape index (κ3) is 5.32. The molecule has 1 heterocycles. The third-order valence-corrected chi connectivity index (χ3v) is 4.60. The van der Waals surface area contributed by atoms with Crippen molar-refractivity contribution in [1.29, 1.82) is 0 Å². The monoisotopic (exact) mass is 416 g/mol. The van der Waals surface area contributed by atoms with Gasteiger partial charge in [-0.25, -0.2) is 8.42 Å². The summed E-state index contributed by atoms with van der Waals surface area (Å²) in [6.07, 6.45) is 1.05. The number of benzene rings is 2. The summed E-state index contributed by atoms with van der Waals surface area (Å²) in [5, 5.41) is 6.58. The molecule has 0 bridgehead atoms. The first-order valence-corrected chi connectivity index (χ1v) is 10.5. The van der Waals surface area contributed by atoms with Crippen LogP contribution in [0, 0.1) is 6.92 Å². The second-order valence-electron chi connectivity index (χ2n) is 6.33. The molecule has 3 rings (SSSR count). The van der Waals surface area contributed by atoms with Crippen molar-refractivity contribution in [3.05, 3.63) is 59.5 Å². The maximum atomic E-state index is 12.4. The normalized spacial score (nSPS) is 11.1. The lowest BCUT2D eigenvalue weighted by Gasteiger charge is -2.10. The minimum Gasteiger partial charge on any atom is -0.497 e. The molecule has 0 unspecified atom stereocenters. The Morgan fingerprint density at radius 2 is 1.90 bits per heavy atom. The van der Waals surface area contributed by atoms with Crippen LogP contribution >= 0.6 is 0 Å². The molecule has 9 nitrogen and oxygen atoms in total. The zero-order chi connectivity index (χ0) is 21.0. The second kappa shape index (κ2) is 8.31. The summed E-state index contributed by atoms with van der Waals surface area (Å²) in [6, 6.07) is 11.9. The van der Waals surface area contributed by atoms with Gasteiger partial charge in [0.05, 0.1) is 25.6 Å². The van der Waals surface area contributed by atoms with Crippen molar-refractivity contribution in [3.8, 4) is 17.1 Å². The molecule has 0 atom stereocenters. The lowest BCUT2D eigenvalue weighted by molar-refractivity contribution is 0.0946. The Balaban J connectivity index is 1.66. The standard InChI is InChI=1S/C19H20N4O5S/c1-12-4-5-14(10-16(12)23-29(3,25)26)19(24)20-11-17-21-18(22-28-17)13-6-8-15(27-2)9-7-13/h4-10,23H,11H2,1-3H3,(H,20,24). The molecule has 0 radical (unpaired) electrons. The molecule has 10 heteroatoms. The number of methoxy groups -OCH3 is 1. The molecule has 0 saturated carbocycles. The molecule has 0 aliphatic carbocycles. The van der Waals surface area contributed by atoms with Crippen LogP contribution in [-0.2, 0) is 16.6 Å². The quantitative estimate of drug-likeness (QED) is 0.606. The van der Waals surface area contributed by atoms with Gasteiger partial charge in [0.2, 0.25) is 21.7 Å². The molecule has 2 aromatic carbocycles. The van der Waals surface area contributed by atoms with Gasteiger partial charge in [0, 0.05) is 11.1 Å². The molecule has 2 N–H and O–H groups in total. The Hall–Kier alpha value is -3.40. The van der Waals surface area contributed by atoms with Crippen LogP contribution in [0.3, 0.4) is 0 Å². The summed E-state index contributed by atoms with van der Waals surface area (Å²) in [5.41, 5.74) is 2.10. The Morgan fingerprint density at radius 3 is 2.55 bits per heavy atom. The van der Waals surface area contributed by atoms with E-state index in [1.165, 1.54) is 6.07 Å². The largest absolute Gasteiger partial charge is 0.497 e. The van der Waals surface area contributed by atoms with Gasteiger partial charge in [-0.1, -0.05) is 11.2 Å². The van der Waals surface area contributed by atoms with Gasteiger partial charge in [-0.05, 0) is 48.9 Å². The number of anilines is 1. The molecule has 0 spiro atoms. The number of hydrogen-bond acceptors (Lipinski definition) is 7. The van der Waals surface area contributed by atoms with Crippen molar-refractivity contribution >= 4 is 21.6 Å². The topological polar surface area (TPSA) is 123 Å². The Bertz CT molecular complexity index is 1120. The predicted octanol–water partition coefficient (Wildman–Crippen LogP) is 2.36. The first kappa shape index (κ1) is 20.3. The number of carbonyl (C=O) groups excluding carboxylic acids is 1. The number of nitrogens with zero attached hydrogens (tertiary/aromatic N) is 2. The number of carbonyl (C=O) groups is 1. The highest BCUT2D eigenvalue weighted by Crippen LogP contribution is 2.20. The molecule has 0 saturated heterocycles. The van der Waals surface area contributed by atoms with Gasteiger partial charge in [0.25, 0.3) is 5.91 Å². The molecular formula is C19H20N4O5S. The second-order valence-corrected chi connectivity index (χ2v) is 8.08. The Morgan fingerprint density at radius 1 is 1.17 bits per heavy atom. The molecular weight excluding hydrogens is 396 g/mol. The summed E-state index contributed by atoms with van der Waals surface area (Å²) in [6.45, 7) is 1.78. The summed E-state index contributed by atoms with van der Waals surface area (Å²) in [4.78, 5) is 16.7. The number of amides is 1. The fourth-order valence-electron chi connectivity index (χ4n) is 2.51. The number of aromatic nitrogens is 2. The van der Waals surface area contributed by atoms with Gasteiger partial charge in [-0.15, -0.1) is 0 Å². The van der Waals surface area contributed by atoms with Gasteiger partial charge < -0.3 is 14.6 Å². The minimum atomic E-state index is -3.45. The highest BCUT2D eigenvalue weighted by molar-refractivity contribution is 7.92. The number of rotatable bonds is 7. The number of aryl methyl sites for hydroxylation is 1. The zero-order valence-corrected chi connectivity index (χ0v) is 16.9. The SMILES string of the molecule is COc1ccc(-c2noc(CNC(=O)c3ccc(C)c(NS(C)(=O)=O)c3)n2)cc1. The van der Waals surface area contributed by atoms with Crippen LogP contribution in [-0.4, -0.2) is 37.8 Å². The predicted molar refractivity (Wildman–Crippen MR) is 107 cm³/mol. The van der Waals surface area contributed by atoms with Gasteiger partial charge in [0.15, 0.2) is 0 Å². The van der Waals surface area contributed by atoms with E-state index in [4.69, 9.17) is 9.26 Å². The molecule has 1 aromatic heterocycles. The molecule has 0 fully saturated rings. The van der Waals surface area contributed by atoms with E-state index < -0.39 is 15.9 Å². The molecule has 152 valence electrons. The minimum absolute atomic E-state index is 0.0324. The number of hydrogen-bond donors (Lipinski definition) is 2.